The number of hydrogen-bond donors (Lipinski definition) is 0. The topological polar surface area (TPSA) is 43.6 Å². The quantitative estimate of drug-likeness (QED) is 0.741. The number of fused-ring (bicyclic) bond motifs is 1. The van der Waals surface area contributed by atoms with Crippen molar-refractivity contribution in [2.45, 2.75) is 26.2 Å². The number of pyridine rings is 1. The van der Waals surface area contributed by atoms with Crippen molar-refractivity contribution < 1.29 is 8.78 Å². The highest BCUT2D eigenvalue weighted by atomic mass is 19.3. The molecule has 3 aromatic rings. The first-order valence-corrected chi connectivity index (χ1v) is 7.06. The third-order valence-electron chi connectivity index (χ3n) is 3.60. The fourth-order valence-corrected chi connectivity index (χ4v) is 2.44. The molecular formula is C16H16F2N4. The van der Waals surface area contributed by atoms with Crippen LogP contribution in [0.5, 0.6) is 0 Å². The fraction of sp³-hybridized carbons (Fsp3) is 0.312. The Morgan fingerprint density at radius 1 is 1.27 bits per heavy atom. The van der Waals surface area contributed by atoms with Crippen LogP contribution >= 0.6 is 0 Å². The van der Waals surface area contributed by atoms with Gasteiger partial charge in [-0.3, -0.25) is 4.98 Å². The third kappa shape index (κ3) is 2.45. The van der Waals surface area contributed by atoms with E-state index in [0.717, 1.165) is 23.4 Å². The number of aryl methyl sites for hydroxylation is 2. The van der Waals surface area contributed by atoms with Crippen LogP contribution in [-0.2, 0) is 19.4 Å². The summed E-state index contributed by atoms with van der Waals surface area (Å²) in [5, 5.41) is 0.934. The second-order valence-corrected chi connectivity index (χ2v) is 5.36. The van der Waals surface area contributed by atoms with Crippen molar-refractivity contribution in [2.24, 2.45) is 7.05 Å². The van der Waals surface area contributed by atoms with E-state index in [4.69, 9.17) is 0 Å². The summed E-state index contributed by atoms with van der Waals surface area (Å²) in [7, 11) is 1.89. The van der Waals surface area contributed by atoms with Gasteiger partial charge in [0.05, 0.1) is 17.4 Å². The lowest BCUT2D eigenvalue weighted by Crippen LogP contribution is -2.14. The number of nitrogens with zero attached hydrogens (tertiary/aromatic N) is 4. The summed E-state index contributed by atoms with van der Waals surface area (Å²) in [6.07, 6.45) is 5.88. The smallest absolute Gasteiger partial charge is 0.303 e. The van der Waals surface area contributed by atoms with Gasteiger partial charge in [-0.1, -0.05) is 6.92 Å². The molecule has 6 heteroatoms. The number of aromatic nitrogens is 4. The van der Waals surface area contributed by atoms with Gasteiger partial charge in [0.25, 0.3) is 0 Å². The largest absolute Gasteiger partial charge is 0.349 e. The van der Waals surface area contributed by atoms with Crippen molar-refractivity contribution in [3.05, 3.63) is 42.2 Å². The monoisotopic (exact) mass is 302 g/mol. The lowest BCUT2D eigenvalue weighted by atomic mass is 10.1. The van der Waals surface area contributed by atoms with E-state index in [1.54, 1.807) is 18.5 Å². The zero-order valence-electron chi connectivity index (χ0n) is 12.6. The molecule has 0 spiro atoms. The molecule has 0 saturated carbocycles. The van der Waals surface area contributed by atoms with Crippen LogP contribution in [0.1, 0.15) is 25.4 Å². The van der Waals surface area contributed by atoms with Crippen LogP contribution in [0.3, 0.4) is 0 Å². The van der Waals surface area contributed by atoms with Crippen LogP contribution in [-0.4, -0.2) is 19.5 Å². The lowest BCUT2D eigenvalue weighted by molar-refractivity contribution is 0.00759. The Kier molecular flexibility index (Phi) is 3.39. The maximum atomic E-state index is 13.6. The fourth-order valence-electron chi connectivity index (χ4n) is 2.44. The summed E-state index contributed by atoms with van der Waals surface area (Å²) in [5.41, 5.74) is 2.86. The lowest BCUT2D eigenvalue weighted by Gasteiger charge is -2.11. The summed E-state index contributed by atoms with van der Waals surface area (Å²) in [6, 6.07) is 3.63. The molecule has 0 saturated heterocycles. The Hall–Kier alpha value is -2.37. The van der Waals surface area contributed by atoms with Crippen molar-refractivity contribution in [1.82, 2.24) is 19.5 Å². The number of hydrogen-bond acceptors (Lipinski definition) is 3. The molecule has 3 heterocycles. The molecule has 0 radical (unpaired) electrons. The van der Waals surface area contributed by atoms with Crippen LogP contribution in [0.25, 0.3) is 22.2 Å². The molecule has 0 N–H and O–H groups in total. The van der Waals surface area contributed by atoms with Gasteiger partial charge in [0.1, 0.15) is 0 Å². The molecule has 3 rings (SSSR count). The van der Waals surface area contributed by atoms with Gasteiger partial charge >= 0.3 is 5.92 Å². The number of alkyl halides is 2. The Labute approximate surface area is 126 Å². The minimum Gasteiger partial charge on any atom is -0.349 e. The Morgan fingerprint density at radius 2 is 2.05 bits per heavy atom. The molecular weight excluding hydrogens is 286 g/mol. The highest BCUT2D eigenvalue weighted by molar-refractivity contribution is 5.94. The molecule has 4 nitrogen and oxygen atoms in total. The van der Waals surface area contributed by atoms with E-state index in [2.05, 4.69) is 15.0 Å². The normalized spacial score (nSPS) is 12.0. The molecule has 0 aliphatic carbocycles. The van der Waals surface area contributed by atoms with Gasteiger partial charge in [-0.15, -0.1) is 0 Å². The van der Waals surface area contributed by atoms with Gasteiger partial charge in [0.2, 0.25) is 0 Å². The second kappa shape index (κ2) is 5.12. The van der Waals surface area contributed by atoms with Crippen molar-refractivity contribution in [2.75, 3.05) is 0 Å². The Bertz CT molecular complexity index is 834. The van der Waals surface area contributed by atoms with Crippen LogP contribution in [0.4, 0.5) is 8.78 Å². The predicted molar refractivity (Wildman–Crippen MR) is 80.7 cm³/mol. The SMILES string of the molecule is CCc1cc(-c2cn(C)c3cnccc23)nc(C(C)(F)F)n1. The summed E-state index contributed by atoms with van der Waals surface area (Å²) in [4.78, 5) is 12.1. The molecule has 0 unspecified atom stereocenters. The molecule has 0 aliphatic rings. The first-order valence-electron chi connectivity index (χ1n) is 7.06. The second-order valence-electron chi connectivity index (χ2n) is 5.36. The molecule has 22 heavy (non-hydrogen) atoms. The van der Waals surface area contributed by atoms with E-state index >= 15 is 0 Å². The Balaban J connectivity index is 2.26. The molecule has 0 atom stereocenters. The van der Waals surface area contributed by atoms with E-state index in [-0.39, 0.29) is 0 Å². The maximum Gasteiger partial charge on any atom is 0.303 e. The maximum absolute atomic E-state index is 13.6. The average Bonchev–Trinajstić information content (AvgIpc) is 2.83. The standard InChI is InChI=1S/C16H16F2N4/c1-4-10-7-13(21-15(20-10)16(2,17)18)12-9-22(3)14-8-19-6-5-11(12)14/h5-9H,4H2,1-3H3. The van der Waals surface area contributed by atoms with Crippen LogP contribution < -0.4 is 0 Å². The van der Waals surface area contributed by atoms with Gasteiger partial charge in [0, 0.05) is 43.0 Å². The summed E-state index contributed by atoms with van der Waals surface area (Å²) < 4.78 is 29.2. The summed E-state index contributed by atoms with van der Waals surface area (Å²) in [6.45, 7) is 2.70. The van der Waals surface area contributed by atoms with Gasteiger partial charge < -0.3 is 4.57 Å². The van der Waals surface area contributed by atoms with Crippen LogP contribution in [0.15, 0.2) is 30.7 Å². The molecule has 0 aromatic carbocycles. The molecule has 3 aromatic heterocycles. The van der Waals surface area contributed by atoms with E-state index in [9.17, 15) is 8.78 Å². The van der Waals surface area contributed by atoms with Crippen LogP contribution in [0, 0.1) is 0 Å². The van der Waals surface area contributed by atoms with Gasteiger partial charge in [-0.25, -0.2) is 9.97 Å². The molecule has 0 fully saturated rings. The van der Waals surface area contributed by atoms with E-state index < -0.39 is 11.7 Å². The molecule has 0 aliphatic heterocycles. The zero-order valence-corrected chi connectivity index (χ0v) is 12.6. The first kappa shape index (κ1) is 14.6. The van der Waals surface area contributed by atoms with Crippen molar-refractivity contribution in [3.63, 3.8) is 0 Å². The third-order valence-corrected chi connectivity index (χ3v) is 3.60. The predicted octanol–water partition coefficient (Wildman–Crippen LogP) is 3.70. The van der Waals surface area contributed by atoms with Gasteiger partial charge in [-0.05, 0) is 18.6 Å². The van der Waals surface area contributed by atoms with Crippen molar-refractivity contribution in [3.8, 4) is 11.3 Å². The van der Waals surface area contributed by atoms with Crippen LogP contribution in [0.2, 0.25) is 0 Å². The van der Waals surface area contributed by atoms with Gasteiger partial charge in [0.15, 0.2) is 5.82 Å². The highest BCUT2D eigenvalue weighted by Gasteiger charge is 2.29. The van der Waals surface area contributed by atoms with Gasteiger partial charge in [-0.2, -0.15) is 8.78 Å². The number of rotatable bonds is 3. The number of halogens is 2. The minimum absolute atomic E-state index is 0.437. The molecule has 0 bridgehead atoms. The van der Waals surface area contributed by atoms with E-state index in [1.807, 2.05) is 30.8 Å². The zero-order chi connectivity index (χ0) is 15.9. The molecule has 0 amide bonds. The average molecular weight is 302 g/mol. The van der Waals surface area contributed by atoms with Crippen molar-refractivity contribution >= 4 is 10.9 Å². The Morgan fingerprint density at radius 3 is 2.73 bits per heavy atom. The minimum atomic E-state index is -3.06. The molecule has 114 valence electrons. The van der Waals surface area contributed by atoms with E-state index in [0.29, 0.717) is 17.8 Å². The summed E-state index contributed by atoms with van der Waals surface area (Å²) >= 11 is 0. The summed E-state index contributed by atoms with van der Waals surface area (Å²) in [5.74, 6) is -3.50. The van der Waals surface area contributed by atoms with Crippen molar-refractivity contribution in [1.29, 1.82) is 0 Å². The highest BCUT2D eigenvalue weighted by Crippen LogP contribution is 2.31. The van der Waals surface area contributed by atoms with E-state index in [1.165, 1.54) is 0 Å². The first-order chi connectivity index (χ1) is 10.4.